The molecule has 2 aliphatic rings. The van der Waals surface area contributed by atoms with E-state index in [2.05, 4.69) is 5.32 Å². The molecule has 0 bridgehead atoms. The maximum atomic E-state index is 12.4. The van der Waals surface area contributed by atoms with Crippen molar-refractivity contribution in [2.75, 3.05) is 38.4 Å². The van der Waals surface area contributed by atoms with Gasteiger partial charge in [0.2, 0.25) is 12.7 Å². The van der Waals surface area contributed by atoms with Gasteiger partial charge in [0.15, 0.2) is 17.3 Å². The first kappa shape index (κ1) is 19.0. The summed E-state index contributed by atoms with van der Waals surface area (Å²) in [4.78, 5) is 37.7. The van der Waals surface area contributed by atoms with Crippen LogP contribution in [0.3, 0.4) is 0 Å². The lowest BCUT2D eigenvalue weighted by Gasteiger charge is -2.31. The third-order valence-electron chi connectivity index (χ3n) is 4.24. The summed E-state index contributed by atoms with van der Waals surface area (Å²) >= 11 is 0. The first-order valence-electron chi connectivity index (χ1n) is 8.75. The van der Waals surface area contributed by atoms with Crippen molar-refractivity contribution in [2.45, 2.75) is 26.4 Å². The monoisotopic (exact) mass is 378 g/mol. The van der Waals surface area contributed by atoms with Crippen molar-refractivity contribution in [3.63, 3.8) is 0 Å². The molecule has 1 N–H and O–H groups in total. The van der Waals surface area contributed by atoms with E-state index in [-0.39, 0.29) is 31.4 Å². The van der Waals surface area contributed by atoms with Crippen LogP contribution in [0.2, 0.25) is 0 Å². The molecular weight excluding hydrogens is 356 g/mol. The Morgan fingerprint density at radius 2 is 2.00 bits per heavy atom. The fourth-order valence-electron chi connectivity index (χ4n) is 2.97. The molecule has 0 radical (unpaired) electrons. The summed E-state index contributed by atoms with van der Waals surface area (Å²) in [5.74, 6) is 0.412. The summed E-state index contributed by atoms with van der Waals surface area (Å²) in [5, 5.41) is 2.73. The van der Waals surface area contributed by atoms with E-state index in [4.69, 9.17) is 18.9 Å². The number of nitrogens with one attached hydrogen (secondary N) is 1. The highest BCUT2D eigenvalue weighted by atomic mass is 16.7. The highest BCUT2D eigenvalue weighted by Crippen LogP contribution is 2.37. The zero-order valence-corrected chi connectivity index (χ0v) is 15.3. The molecule has 1 aromatic carbocycles. The van der Waals surface area contributed by atoms with Crippen LogP contribution in [-0.2, 0) is 14.3 Å². The van der Waals surface area contributed by atoms with Crippen molar-refractivity contribution in [3.05, 3.63) is 17.7 Å². The third-order valence-corrected chi connectivity index (χ3v) is 4.24. The van der Waals surface area contributed by atoms with Crippen LogP contribution in [0.15, 0.2) is 12.1 Å². The van der Waals surface area contributed by atoms with E-state index in [0.717, 1.165) is 0 Å². The maximum absolute atomic E-state index is 12.4. The van der Waals surface area contributed by atoms with Gasteiger partial charge in [0, 0.05) is 18.2 Å². The minimum absolute atomic E-state index is 0.0433. The van der Waals surface area contributed by atoms with Crippen LogP contribution in [0.5, 0.6) is 11.5 Å². The van der Waals surface area contributed by atoms with E-state index in [1.807, 2.05) is 0 Å². The zero-order valence-electron chi connectivity index (χ0n) is 15.3. The van der Waals surface area contributed by atoms with E-state index in [0.29, 0.717) is 42.5 Å². The highest BCUT2D eigenvalue weighted by molar-refractivity contribution is 6.04. The Labute approximate surface area is 156 Å². The van der Waals surface area contributed by atoms with Crippen molar-refractivity contribution in [2.24, 2.45) is 0 Å². The molecule has 1 saturated heterocycles. The van der Waals surface area contributed by atoms with Crippen LogP contribution < -0.4 is 14.8 Å². The second-order valence-electron chi connectivity index (χ2n) is 6.20. The number of hydrogen-bond donors (Lipinski definition) is 1. The Hall–Kier alpha value is -2.81. The Balaban J connectivity index is 1.64. The van der Waals surface area contributed by atoms with Gasteiger partial charge in [0.1, 0.15) is 0 Å². The van der Waals surface area contributed by atoms with Crippen molar-refractivity contribution in [3.8, 4) is 11.5 Å². The second kappa shape index (κ2) is 8.26. The summed E-state index contributed by atoms with van der Waals surface area (Å²) in [6, 6.07) is 3.13. The van der Waals surface area contributed by atoms with Gasteiger partial charge in [-0.15, -0.1) is 0 Å². The third kappa shape index (κ3) is 4.48. The molecule has 9 nitrogen and oxygen atoms in total. The van der Waals surface area contributed by atoms with Gasteiger partial charge in [-0.05, 0) is 19.9 Å². The molecule has 0 aliphatic carbocycles. The molecule has 2 amide bonds. The van der Waals surface area contributed by atoms with E-state index < -0.39 is 12.2 Å². The number of hydrogen-bond acceptors (Lipinski definition) is 7. The first-order valence-corrected chi connectivity index (χ1v) is 8.75. The molecule has 27 heavy (non-hydrogen) atoms. The number of carbonyl (C=O) groups excluding carboxylic acids is 3. The Morgan fingerprint density at radius 1 is 1.26 bits per heavy atom. The number of morpholine rings is 1. The molecule has 2 heterocycles. The van der Waals surface area contributed by atoms with Gasteiger partial charge >= 0.3 is 6.09 Å². The molecule has 1 atom stereocenters. The van der Waals surface area contributed by atoms with Crippen molar-refractivity contribution in [1.29, 1.82) is 0 Å². The minimum Gasteiger partial charge on any atom is -0.454 e. The Morgan fingerprint density at radius 3 is 2.70 bits per heavy atom. The second-order valence-corrected chi connectivity index (χ2v) is 6.20. The predicted octanol–water partition coefficient (Wildman–Crippen LogP) is 1.80. The number of nitrogens with zero attached hydrogens (tertiary/aromatic N) is 1. The molecule has 3 rings (SSSR count). The average molecular weight is 378 g/mol. The summed E-state index contributed by atoms with van der Waals surface area (Å²) < 4.78 is 21.1. The number of Topliss-reactive ketones (excluding diaryl/α,β-unsaturated/α-hetero) is 1. The number of amides is 2. The Bertz CT molecular complexity index is 749. The molecule has 1 fully saturated rings. The number of benzene rings is 1. The molecule has 1 aromatic rings. The smallest absolute Gasteiger partial charge is 0.409 e. The SMILES string of the molecule is CCOC(=O)N1CCOC(CC(=O)Nc2cc3c(cc2C(C)=O)OCO3)C1. The quantitative estimate of drug-likeness (QED) is 0.779. The Kier molecular flexibility index (Phi) is 5.80. The summed E-state index contributed by atoms with van der Waals surface area (Å²) in [6.45, 7) is 4.54. The molecule has 2 aliphatic heterocycles. The summed E-state index contributed by atoms with van der Waals surface area (Å²) in [6.07, 6.45) is -0.819. The van der Waals surface area contributed by atoms with Gasteiger partial charge in [-0.1, -0.05) is 0 Å². The lowest BCUT2D eigenvalue weighted by atomic mass is 10.1. The maximum Gasteiger partial charge on any atom is 0.409 e. The van der Waals surface area contributed by atoms with Gasteiger partial charge in [-0.25, -0.2) is 4.79 Å². The minimum atomic E-state index is -0.446. The lowest BCUT2D eigenvalue weighted by molar-refractivity contribution is -0.120. The standard InChI is InChI=1S/C18H22N2O7/c1-3-24-18(23)20-4-5-25-12(9-20)6-17(22)19-14-8-16-15(26-10-27-16)7-13(14)11(2)21/h7-8,12H,3-6,9-10H2,1-2H3,(H,19,22). The normalized spacial score (nSPS) is 18.1. The number of ketones is 1. The van der Waals surface area contributed by atoms with Crippen LogP contribution >= 0.6 is 0 Å². The molecule has 146 valence electrons. The molecule has 0 spiro atoms. The number of fused-ring (bicyclic) bond motifs is 1. The van der Waals surface area contributed by atoms with Gasteiger partial charge in [0.05, 0.1) is 38.0 Å². The fraction of sp³-hybridized carbons (Fsp3) is 0.500. The van der Waals surface area contributed by atoms with Crippen molar-refractivity contribution in [1.82, 2.24) is 4.90 Å². The van der Waals surface area contributed by atoms with Crippen LogP contribution in [0.4, 0.5) is 10.5 Å². The van der Waals surface area contributed by atoms with Crippen molar-refractivity contribution >= 4 is 23.5 Å². The van der Waals surface area contributed by atoms with Crippen LogP contribution in [0.1, 0.15) is 30.6 Å². The largest absolute Gasteiger partial charge is 0.454 e. The van der Waals surface area contributed by atoms with Gasteiger partial charge in [-0.3, -0.25) is 9.59 Å². The van der Waals surface area contributed by atoms with Crippen molar-refractivity contribution < 1.29 is 33.3 Å². The fourth-order valence-corrected chi connectivity index (χ4v) is 2.97. The van der Waals surface area contributed by atoms with E-state index in [1.165, 1.54) is 11.8 Å². The van der Waals surface area contributed by atoms with E-state index >= 15 is 0 Å². The van der Waals surface area contributed by atoms with Gasteiger partial charge in [-0.2, -0.15) is 0 Å². The predicted molar refractivity (Wildman–Crippen MR) is 94.2 cm³/mol. The first-order chi connectivity index (χ1) is 13.0. The average Bonchev–Trinajstić information content (AvgIpc) is 3.08. The molecule has 0 saturated carbocycles. The number of anilines is 1. The van der Waals surface area contributed by atoms with Gasteiger partial charge in [0.25, 0.3) is 0 Å². The zero-order chi connectivity index (χ0) is 19.4. The lowest BCUT2D eigenvalue weighted by Crippen LogP contribution is -2.46. The van der Waals surface area contributed by atoms with Crippen LogP contribution in [0, 0.1) is 0 Å². The summed E-state index contributed by atoms with van der Waals surface area (Å²) in [5.41, 5.74) is 0.695. The summed E-state index contributed by atoms with van der Waals surface area (Å²) in [7, 11) is 0. The number of ether oxygens (including phenoxy) is 4. The molecular formula is C18H22N2O7. The van der Waals surface area contributed by atoms with Gasteiger partial charge < -0.3 is 29.2 Å². The van der Waals surface area contributed by atoms with Crippen LogP contribution in [0.25, 0.3) is 0 Å². The molecule has 1 unspecified atom stereocenters. The molecule has 0 aromatic heterocycles. The van der Waals surface area contributed by atoms with E-state index in [1.54, 1.807) is 19.1 Å². The highest BCUT2D eigenvalue weighted by Gasteiger charge is 2.27. The topological polar surface area (TPSA) is 103 Å². The molecule has 9 heteroatoms. The van der Waals surface area contributed by atoms with E-state index in [9.17, 15) is 14.4 Å². The number of carbonyl (C=O) groups is 3. The number of rotatable bonds is 5. The van der Waals surface area contributed by atoms with Crippen LogP contribution in [-0.4, -0.2) is 61.9 Å².